The number of anilines is 1. The van der Waals surface area contributed by atoms with E-state index in [1.807, 2.05) is 24.0 Å². The first-order valence-corrected chi connectivity index (χ1v) is 6.30. The summed E-state index contributed by atoms with van der Waals surface area (Å²) >= 11 is 0. The Morgan fingerprint density at radius 2 is 2.00 bits per heavy atom. The van der Waals surface area contributed by atoms with Gasteiger partial charge in [0.05, 0.1) is 5.75 Å². The third kappa shape index (κ3) is 4.31. The first-order valence-electron chi connectivity index (χ1n) is 4.69. The Hall–Kier alpha value is -1.07. The zero-order chi connectivity index (χ0) is 11.3. The van der Waals surface area contributed by atoms with E-state index >= 15 is 0 Å². The largest absolute Gasteiger partial charge is 0.371 e. The summed E-state index contributed by atoms with van der Waals surface area (Å²) < 4.78 is 29.9. The van der Waals surface area contributed by atoms with Crippen LogP contribution < -0.4 is 4.90 Å². The van der Waals surface area contributed by atoms with E-state index < -0.39 is 10.1 Å². The quantitative estimate of drug-likeness (QED) is 0.769. The van der Waals surface area contributed by atoms with Gasteiger partial charge in [-0.2, -0.15) is 8.42 Å². The highest BCUT2D eigenvalue weighted by molar-refractivity contribution is 7.85. The van der Waals surface area contributed by atoms with E-state index in [1.54, 1.807) is 12.1 Å². The molecule has 0 aromatic heterocycles. The molecule has 0 spiro atoms. The Labute approximate surface area is 90.3 Å². The van der Waals surface area contributed by atoms with Crippen molar-refractivity contribution in [3.05, 3.63) is 30.3 Å². The summed E-state index contributed by atoms with van der Waals surface area (Å²) in [6.07, 6.45) is 0. The van der Waals surface area contributed by atoms with Crippen molar-refractivity contribution in [1.82, 2.24) is 0 Å². The summed E-state index contributed by atoms with van der Waals surface area (Å²) in [6, 6.07) is 10.1. The minimum Gasteiger partial charge on any atom is -0.371 e. The minimum atomic E-state index is -3.89. The Kier molecular flexibility index (Phi) is 4.11. The van der Waals surface area contributed by atoms with E-state index in [1.165, 1.54) is 0 Å². The van der Waals surface area contributed by atoms with Crippen molar-refractivity contribution in [3.63, 3.8) is 0 Å². The highest BCUT2D eigenvalue weighted by Crippen LogP contribution is 2.12. The van der Waals surface area contributed by atoms with Gasteiger partial charge in [0.15, 0.2) is 0 Å². The molecule has 4 nitrogen and oxygen atoms in total. The molecular weight excluding hydrogens is 214 g/mol. The van der Waals surface area contributed by atoms with Gasteiger partial charge in [0.2, 0.25) is 0 Å². The highest BCUT2D eigenvalue weighted by atomic mass is 32.2. The fourth-order valence-electron chi connectivity index (χ4n) is 1.28. The fraction of sp³-hybridized carbons (Fsp3) is 0.400. The molecule has 1 aromatic carbocycles. The molecule has 0 saturated carbocycles. The van der Waals surface area contributed by atoms with Gasteiger partial charge in [-0.3, -0.25) is 4.55 Å². The molecule has 0 aliphatic carbocycles. The van der Waals surface area contributed by atoms with E-state index in [-0.39, 0.29) is 5.75 Å². The van der Waals surface area contributed by atoms with Gasteiger partial charge in [-0.05, 0) is 25.1 Å². The van der Waals surface area contributed by atoms with Crippen molar-refractivity contribution in [2.45, 2.75) is 6.92 Å². The van der Waals surface area contributed by atoms with Gasteiger partial charge in [-0.15, -0.1) is 0 Å². The first kappa shape index (κ1) is 12.0. The molecule has 0 unspecified atom stereocenters. The van der Waals surface area contributed by atoms with Gasteiger partial charge in [0.25, 0.3) is 10.1 Å². The highest BCUT2D eigenvalue weighted by Gasteiger charge is 2.09. The van der Waals surface area contributed by atoms with Crippen LogP contribution in [0.3, 0.4) is 0 Å². The third-order valence-electron chi connectivity index (χ3n) is 2.07. The van der Waals surface area contributed by atoms with Crippen molar-refractivity contribution in [2.75, 3.05) is 23.7 Å². The summed E-state index contributed by atoms with van der Waals surface area (Å²) in [7, 11) is -3.89. The Bertz CT molecular complexity index is 388. The van der Waals surface area contributed by atoms with Crippen LogP contribution in [-0.2, 0) is 10.1 Å². The van der Waals surface area contributed by atoms with Crippen LogP contribution in [0.25, 0.3) is 0 Å². The maximum Gasteiger partial charge on any atom is 0.266 e. The Morgan fingerprint density at radius 3 is 2.47 bits per heavy atom. The molecule has 83 valence electrons. The van der Waals surface area contributed by atoms with Crippen LogP contribution in [0, 0.1) is 6.07 Å². The van der Waals surface area contributed by atoms with Gasteiger partial charge in [-0.1, -0.05) is 12.1 Å². The average molecular weight is 228 g/mol. The molecule has 1 N–H and O–H groups in total. The van der Waals surface area contributed by atoms with Gasteiger partial charge in [0.1, 0.15) is 0 Å². The summed E-state index contributed by atoms with van der Waals surface area (Å²) in [5, 5.41) is 0. The molecule has 0 saturated heterocycles. The molecule has 15 heavy (non-hydrogen) atoms. The lowest BCUT2D eigenvalue weighted by molar-refractivity contribution is 0.482. The summed E-state index contributed by atoms with van der Waals surface area (Å²) in [5.74, 6) is -0.251. The molecule has 0 atom stereocenters. The molecule has 1 radical (unpaired) electrons. The van der Waals surface area contributed by atoms with E-state index in [4.69, 9.17) is 4.55 Å². The van der Waals surface area contributed by atoms with Gasteiger partial charge >= 0.3 is 0 Å². The number of rotatable bonds is 5. The standard InChI is InChI=1S/C10H14NO3S/c1-2-11(8-9-15(12,13)14)10-6-4-3-5-7-10/h4-7H,2,8-9H2,1H3,(H,12,13,14). The molecule has 0 heterocycles. The second-order valence-electron chi connectivity index (χ2n) is 3.12. The van der Waals surface area contributed by atoms with Crippen molar-refractivity contribution in [1.29, 1.82) is 0 Å². The smallest absolute Gasteiger partial charge is 0.266 e. The fourth-order valence-corrected chi connectivity index (χ4v) is 1.74. The summed E-state index contributed by atoms with van der Waals surface area (Å²) in [4.78, 5) is 1.88. The number of benzene rings is 1. The molecule has 1 aromatic rings. The lowest BCUT2D eigenvalue weighted by Crippen LogP contribution is -2.28. The lowest BCUT2D eigenvalue weighted by Gasteiger charge is -2.22. The molecule has 0 bridgehead atoms. The predicted molar refractivity (Wildman–Crippen MR) is 59.6 cm³/mol. The van der Waals surface area contributed by atoms with E-state index in [2.05, 4.69) is 6.07 Å². The molecule has 0 aliphatic rings. The average Bonchev–Trinajstić information content (AvgIpc) is 2.19. The second kappa shape index (κ2) is 5.14. The van der Waals surface area contributed by atoms with Crippen LogP contribution in [0.5, 0.6) is 0 Å². The Balaban J connectivity index is 2.66. The van der Waals surface area contributed by atoms with Crippen LogP contribution in [0.1, 0.15) is 6.92 Å². The molecular formula is C10H14NO3S. The maximum absolute atomic E-state index is 10.6. The third-order valence-corrected chi connectivity index (χ3v) is 2.77. The first-order chi connectivity index (χ1) is 7.03. The number of nitrogens with zero attached hydrogens (tertiary/aromatic N) is 1. The van der Waals surface area contributed by atoms with E-state index in [0.29, 0.717) is 13.1 Å². The van der Waals surface area contributed by atoms with Gasteiger partial charge in [0, 0.05) is 18.8 Å². The molecule has 0 amide bonds. The topological polar surface area (TPSA) is 57.6 Å². The van der Waals surface area contributed by atoms with Crippen LogP contribution >= 0.6 is 0 Å². The van der Waals surface area contributed by atoms with E-state index in [9.17, 15) is 8.42 Å². The summed E-state index contributed by atoms with van der Waals surface area (Å²) in [5.41, 5.74) is 0.930. The van der Waals surface area contributed by atoms with Crippen molar-refractivity contribution in [3.8, 4) is 0 Å². The van der Waals surface area contributed by atoms with Crippen LogP contribution in [0.2, 0.25) is 0 Å². The molecule has 0 fully saturated rings. The van der Waals surface area contributed by atoms with Crippen LogP contribution in [-0.4, -0.2) is 31.8 Å². The van der Waals surface area contributed by atoms with Crippen molar-refractivity contribution in [2.24, 2.45) is 0 Å². The second-order valence-corrected chi connectivity index (χ2v) is 4.70. The maximum atomic E-state index is 10.6. The minimum absolute atomic E-state index is 0.251. The lowest BCUT2D eigenvalue weighted by atomic mass is 10.3. The Morgan fingerprint density at radius 1 is 1.40 bits per heavy atom. The molecule has 5 heteroatoms. The normalized spacial score (nSPS) is 11.3. The van der Waals surface area contributed by atoms with Crippen molar-refractivity contribution < 1.29 is 13.0 Å². The predicted octanol–water partition coefficient (Wildman–Crippen LogP) is 1.20. The van der Waals surface area contributed by atoms with E-state index in [0.717, 1.165) is 5.69 Å². The van der Waals surface area contributed by atoms with Crippen LogP contribution in [0.15, 0.2) is 24.3 Å². The van der Waals surface area contributed by atoms with Gasteiger partial charge < -0.3 is 4.90 Å². The van der Waals surface area contributed by atoms with Crippen molar-refractivity contribution >= 4 is 15.8 Å². The molecule has 1 rings (SSSR count). The van der Waals surface area contributed by atoms with Gasteiger partial charge in [-0.25, -0.2) is 0 Å². The molecule has 0 aliphatic heterocycles. The monoisotopic (exact) mass is 228 g/mol. The number of hydrogen-bond donors (Lipinski definition) is 1. The zero-order valence-electron chi connectivity index (χ0n) is 8.55. The summed E-state index contributed by atoms with van der Waals surface area (Å²) in [6.45, 7) is 2.92. The number of hydrogen-bond acceptors (Lipinski definition) is 3. The van der Waals surface area contributed by atoms with Crippen LogP contribution in [0.4, 0.5) is 5.69 Å². The zero-order valence-corrected chi connectivity index (χ0v) is 9.37. The SMILES string of the molecule is CCN(CCS(=O)(=O)O)c1cc[c]cc1.